The van der Waals surface area contributed by atoms with Crippen LogP contribution in [0.3, 0.4) is 0 Å². The molecule has 1 aromatic carbocycles. The molecule has 0 radical (unpaired) electrons. The summed E-state index contributed by atoms with van der Waals surface area (Å²) in [5.41, 5.74) is 3.85. The molecule has 0 saturated carbocycles. The molecule has 1 heterocycles. The van der Waals surface area contributed by atoms with Crippen LogP contribution in [0.5, 0.6) is 0 Å². The number of ether oxygens (including phenoxy) is 1. The Morgan fingerprint density at radius 1 is 1.13 bits per heavy atom. The van der Waals surface area contributed by atoms with Crippen LogP contribution < -0.4 is 5.32 Å². The standard InChI is InChI=1S/C17H19N3O3/c1-10-7-11(2)15(12(3)8-10)20-16(21)13(4)23-17(22)14-9-18-5-6-19-14/h5-9,13H,1-4H3,(H,20,21)/t13-/m0/s1. The topological polar surface area (TPSA) is 81.2 Å². The second-order valence-electron chi connectivity index (χ2n) is 5.40. The van der Waals surface area contributed by atoms with Crippen LogP contribution in [0.1, 0.15) is 34.1 Å². The zero-order valence-corrected chi connectivity index (χ0v) is 13.6. The summed E-state index contributed by atoms with van der Waals surface area (Å²) in [6, 6.07) is 3.97. The summed E-state index contributed by atoms with van der Waals surface area (Å²) in [4.78, 5) is 31.8. The Hall–Kier alpha value is -2.76. The number of amides is 1. The molecule has 1 aromatic heterocycles. The maximum absolute atomic E-state index is 12.2. The fourth-order valence-corrected chi connectivity index (χ4v) is 2.28. The first-order valence-electron chi connectivity index (χ1n) is 7.24. The normalized spacial score (nSPS) is 11.7. The maximum atomic E-state index is 12.2. The summed E-state index contributed by atoms with van der Waals surface area (Å²) in [6.07, 6.45) is 3.20. The third-order valence-corrected chi connectivity index (χ3v) is 3.35. The Bertz CT molecular complexity index is 706. The first kappa shape index (κ1) is 16.6. The van der Waals surface area contributed by atoms with Gasteiger partial charge >= 0.3 is 5.97 Å². The zero-order chi connectivity index (χ0) is 17.0. The summed E-state index contributed by atoms with van der Waals surface area (Å²) >= 11 is 0. The molecule has 0 saturated heterocycles. The van der Waals surface area contributed by atoms with E-state index in [1.54, 1.807) is 0 Å². The van der Waals surface area contributed by atoms with E-state index in [4.69, 9.17) is 4.74 Å². The van der Waals surface area contributed by atoms with Crippen molar-refractivity contribution in [3.05, 3.63) is 53.1 Å². The van der Waals surface area contributed by atoms with Gasteiger partial charge in [-0.25, -0.2) is 9.78 Å². The number of anilines is 1. The van der Waals surface area contributed by atoms with E-state index in [9.17, 15) is 9.59 Å². The number of carbonyl (C=O) groups is 2. The van der Waals surface area contributed by atoms with Gasteiger partial charge in [-0.3, -0.25) is 9.78 Å². The molecule has 2 rings (SSSR count). The average molecular weight is 313 g/mol. The van der Waals surface area contributed by atoms with Crippen LogP contribution in [0, 0.1) is 20.8 Å². The summed E-state index contributed by atoms with van der Waals surface area (Å²) in [7, 11) is 0. The van der Waals surface area contributed by atoms with Crippen molar-refractivity contribution in [3.8, 4) is 0 Å². The van der Waals surface area contributed by atoms with Crippen molar-refractivity contribution in [1.29, 1.82) is 0 Å². The Morgan fingerprint density at radius 3 is 2.35 bits per heavy atom. The van der Waals surface area contributed by atoms with E-state index in [1.807, 2.05) is 32.9 Å². The smallest absolute Gasteiger partial charge is 0.359 e. The number of hydrogen-bond donors (Lipinski definition) is 1. The Kier molecular flexibility index (Phi) is 5.05. The average Bonchev–Trinajstić information content (AvgIpc) is 2.51. The Balaban J connectivity index is 2.05. The van der Waals surface area contributed by atoms with Crippen molar-refractivity contribution in [1.82, 2.24) is 9.97 Å². The molecule has 0 spiro atoms. The molecule has 0 bridgehead atoms. The number of aromatic nitrogens is 2. The van der Waals surface area contributed by atoms with Crippen LogP contribution in [0.2, 0.25) is 0 Å². The quantitative estimate of drug-likeness (QED) is 0.877. The van der Waals surface area contributed by atoms with Crippen molar-refractivity contribution in [3.63, 3.8) is 0 Å². The van der Waals surface area contributed by atoms with Gasteiger partial charge < -0.3 is 10.1 Å². The van der Waals surface area contributed by atoms with Gasteiger partial charge in [0.2, 0.25) is 0 Å². The summed E-state index contributed by atoms with van der Waals surface area (Å²) < 4.78 is 5.12. The number of nitrogens with zero attached hydrogens (tertiary/aromatic N) is 2. The van der Waals surface area contributed by atoms with Crippen molar-refractivity contribution in [2.75, 3.05) is 5.32 Å². The highest BCUT2D eigenvalue weighted by Gasteiger charge is 2.21. The monoisotopic (exact) mass is 313 g/mol. The van der Waals surface area contributed by atoms with Gasteiger partial charge in [-0.2, -0.15) is 0 Å². The lowest BCUT2D eigenvalue weighted by Crippen LogP contribution is -2.30. The zero-order valence-electron chi connectivity index (χ0n) is 13.6. The van der Waals surface area contributed by atoms with E-state index >= 15 is 0 Å². The van der Waals surface area contributed by atoms with E-state index in [0.29, 0.717) is 0 Å². The van der Waals surface area contributed by atoms with E-state index in [0.717, 1.165) is 22.4 Å². The van der Waals surface area contributed by atoms with Gasteiger partial charge in [0.15, 0.2) is 11.8 Å². The Labute approximate surface area is 134 Å². The van der Waals surface area contributed by atoms with Crippen LogP contribution in [-0.4, -0.2) is 27.9 Å². The molecule has 0 aliphatic heterocycles. The highest BCUT2D eigenvalue weighted by Crippen LogP contribution is 2.22. The lowest BCUT2D eigenvalue weighted by atomic mass is 10.0. The number of carbonyl (C=O) groups excluding carboxylic acids is 2. The van der Waals surface area contributed by atoms with E-state index < -0.39 is 18.0 Å². The fraction of sp³-hybridized carbons (Fsp3) is 0.294. The molecule has 2 aromatic rings. The van der Waals surface area contributed by atoms with E-state index in [-0.39, 0.29) is 5.69 Å². The van der Waals surface area contributed by atoms with Gasteiger partial charge in [0, 0.05) is 18.1 Å². The van der Waals surface area contributed by atoms with Crippen molar-refractivity contribution < 1.29 is 14.3 Å². The van der Waals surface area contributed by atoms with Crippen LogP contribution in [0.15, 0.2) is 30.7 Å². The molecule has 6 nitrogen and oxygen atoms in total. The number of rotatable bonds is 4. The molecule has 1 amide bonds. The summed E-state index contributed by atoms with van der Waals surface area (Å²) in [5.74, 6) is -1.07. The summed E-state index contributed by atoms with van der Waals surface area (Å²) in [6.45, 7) is 7.36. The fourth-order valence-electron chi connectivity index (χ4n) is 2.28. The predicted molar refractivity (Wildman–Crippen MR) is 86.2 cm³/mol. The minimum absolute atomic E-state index is 0.0647. The van der Waals surface area contributed by atoms with Gasteiger partial charge in [0.25, 0.3) is 5.91 Å². The summed E-state index contributed by atoms with van der Waals surface area (Å²) in [5, 5.41) is 2.81. The van der Waals surface area contributed by atoms with Gasteiger partial charge in [-0.05, 0) is 38.8 Å². The second kappa shape index (κ2) is 7.00. The first-order chi connectivity index (χ1) is 10.9. The number of aryl methyl sites for hydroxylation is 3. The number of nitrogens with one attached hydrogen (secondary N) is 1. The molecule has 0 fully saturated rings. The molecule has 6 heteroatoms. The lowest BCUT2D eigenvalue weighted by Gasteiger charge is -2.16. The van der Waals surface area contributed by atoms with Crippen LogP contribution in [-0.2, 0) is 9.53 Å². The molecule has 23 heavy (non-hydrogen) atoms. The third-order valence-electron chi connectivity index (χ3n) is 3.35. The highest BCUT2D eigenvalue weighted by atomic mass is 16.5. The SMILES string of the molecule is Cc1cc(C)c(NC(=O)[C@H](C)OC(=O)c2cnccn2)c(C)c1. The maximum Gasteiger partial charge on any atom is 0.359 e. The molecule has 1 N–H and O–H groups in total. The Morgan fingerprint density at radius 2 is 1.78 bits per heavy atom. The van der Waals surface area contributed by atoms with Gasteiger partial charge in [0.05, 0.1) is 6.20 Å². The van der Waals surface area contributed by atoms with Crippen molar-refractivity contribution in [2.45, 2.75) is 33.8 Å². The molecular weight excluding hydrogens is 294 g/mol. The largest absolute Gasteiger partial charge is 0.448 e. The number of hydrogen-bond acceptors (Lipinski definition) is 5. The molecule has 0 unspecified atom stereocenters. The molecular formula is C17H19N3O3. The van der Waals surface area contributed by atoms with Crippen LogP contribution in [0.4, 0.5) is 5.69 Å². The van der Waals surface area contributed by atoms with Crippen LogP contribution >= 0.6 is 0 Å². The molecule has 0 aliphatic rings. The number of benzene rings is 1. The third kappa shape index (κ3) is 4.12. The minimum Gasteiger partial charge on any atom is -0.448 e. The van der Waals surface area contributed by atoms with Crippen molar-refractivity contribution >= 4 is 17.6 Å². The first-order valence-corrected chi connectivity index (χ1v) is 7.24. The second-order valence-corrected chi connectivity index (χ2v) is 5.40. The van der Waals surface area contributed by atoms with Gasteiger partial charge in [-0.15, -0.1) is 0 Å². The van der Waals surface area contributed by atoms with Gasteiger partial charge in [-0.1, -0.05) is 17.7 Å². The lowest BCUT2D eigenvalue weighted by molar-refractivity contribution is -0.123. The van der Waals surface area contributed by atoms with Gasteiger partial charge in [0.1, 0.15) is 0 Å². The van der Waals surface area contributed by atoms with E-state index in [1.165, 1.54) is 25.5 Å². The van der Waals surface area contributed by atoms with E-state index in [2.05, 4.69) is 15.3 Å². The molecule has 0 aliphatic carbocycles. The van der Waals surface area contributed by atoms with Crippen molar-refractivity contribution in [2.24, 2.45) is 0 Å². The van der Waals surface area contributed by atoms with Crippen LogP contribution in [0.25, 0.3) is 0 Å². The minimum atomic E-state index is -0.940. The number of esters is 1. The predicted octanol–water partition coefficient (Wildman–Crippen LogP) is 2.59. The highest BCUT2D eigenvalue weighted by molar-refractivity contribution is 5.97. The molecule has 1 atom stereocenters. The molecule has 120 valence electrons.